The molecule has 32 valence electrons. The number of nitrogens with two attached hydrogens (primary N) is 1. The fourth-order valence-electron chi connectivity index (χ4n) is 0. The van der Waals surface area contributed by atoms with E-state index in [2.05, 4.69) is 5.73 Å². The average Bonchev–Trinajstić information content (AvgIpc) is 1.38. The predicted molar refractivity (Wildman–Crippen MR) is 30.2 cm³/mol. The fraction of sp³-hybridized carbons (Fsp3) is 0.500. The Morgan fingerprint density at radius 1 is 1.83 bits per heavy atom. The van der Waals surface area contributed by atoms with Crippen LogP contribution in [0.4, 0.5) is 4.79 Å². The van der Waals surface area contributed by atoms with E-state index in [0.717, 1.165) is 11.8 Å². The molecule has 1 amide bonds. The van der Waals surface area contributed by atoms with Gasteiger partial charge in [-0.1, -0.05) is 11.8 Å². The summed E-state index contributed by atoms with van der Waals surface area (Å²) in [6.45, 7) is 0. The zero-order chi connectivity index (χ0) is 4.28. The molecule has 0 aromatic heterocycles. The Kier molecular flexibility index (Phi) is 9.65. The van der Waals surface area contributed by atoms with Crippen LogP contribution in [0, 0.1) is 0 Å². The molecule has 0 radical (unpaired) electrons. The molecule has 0 bridgehead atoms. The molecule has 0 aliphatic heterocycles. The molecule has 0 fully saturated rings. The summed E-state index contributed by atoms with van der Waals surface area (Å²) in [7, 11) is 0. The first kappa shape index (κ1) is 9.94. The van der Waals surface area contributed by atoms with Crippen molar-refractivity contribution in [2.24, 2.45) is 5.73 Å². The van der Waals surface area contributed by atoms with Crippen molar-refractivity contribution >= 4 is 46.6 Å². The van der Waals surface area contributed by atoms with Gasteiger partial charge in [-0.05, 0) is 6.26 Å². The molecule has 4 heteroatoms. The van der Waals surface area contributed by atoms with E-state index < -0.39 is 0 Å². The van der Waals surface area contributed by atoms with Gasteiger partial charge in [0.05, 0.1) is 0 Å². The van der Waals surface area contributed by atoms with E-state index in [1.54, 1.807) is 6.26 Å². The van der Waals surface area contributed by atoms with Gasteiger partial charge in [0.15, 0.2) is 0 Å². The van der Waals surface area contributed by atoms with Crippen LogP contribution in [0.25, 0.3) is 0 Å². The predicted octanol–water partition coefficient (Wildman–Crippen LogP) is -0.220. The average molecular weight is 115 g/mol. The van der Waals surface area contributed by atoms with Crippen molar-refractivity contribution < 1.29 is 4.79 Å². The first-order valence-electron chi connectivity index (χ1n) is 1.11. The van der Waals surface area contributed by atoms with Gasteiger partial charge < -0.3 is 5.73 Å². The molecule has 0 saturated heterocycles. The number of hydrogen-bond acceptors (Lipinski definition) is 2. The second kappa shape index (κ2) is 5.82. The van der Waals surface area contributed by atoms with Crippen LogP contribution in [0.1, 0.15) is 0 Å². The van der Waals surface area contributed by atoms with Crippen molar-refractivity contribution in [2.75, 3.05) is 6.26 Å². The Labute approximate surface area is 63.1 Å². The summed E-state index contributed by atoms with van der Waals surface area (Å²) in [5, 5.41) is -0.329. The zero-order valence-corrected chi connectivity index (χ0v) is 3.71. The molecule has 6 heavy (non-hydrogen) atoms. The zero-order valence-electron chi connectivity index (χ0n) is 2.89. The van der Waals surface area contributed by atoms with Gasteiger partial charge in [0.2, 0.25) is 0 Å². The molecule has 0 aliphatic carbocycles. The number of rotatable bonds is 0. The summed E-state index contributed by atoms with van der Waals surface area (Å²) in [4.78, 5) is 9.55. The molecule has 2 N–H and O–H groups in total. The number of thioether (sulfide) groups is 1. The van der Waals surface area contributed by atoms with Gasteiger partial charge in [0.25, 0.3) is 5.24 Å². The van der Waals surface area contributed by atoms with E-state index in [4.69, 9.17) is 0 Å². The van der Waals surface area contributed by atoms with Gasteiger partial charge in [-0.2, -0.15) is 0 Å². The first-order chi connectivity index (χ1) is 2.27. The maximum absolute atomic E-state index is 9.55. The molecule has 0 aliphatic rings. The minimum absolute atomic E-state index is 0. The third-order valence-corrected chi connectivity index (χ3v) is 0.604. The van der Waals surface area contributed by atoms with Crippen LogP contribution < -0.4 is 5.73 Å². The van der Waals surface area contributed by atoms with E-state index in [0.29, 0.717) is 0 Å². The van der Waals surface area contributed by atoms with Gasteiger partial charge >= 0.3 is 29.6 Å². The van der Waals surface area contributed by atoms with Crippen molar-refractivity contribution in [3.05, 3.63) is 0 Å². The van der Waals surface area contributed by atoms with Crippen molar-refractivity contribution in [1.82, 2.24) is 0 Å². The van der Waals surface area contributed by atoms with Gasteiger partial charge in [0, 0.05) is 0 Å². The Balaban J connectivity index is 0. The second-order valence-electron chi connectivity index (χ2n) is 0.523. The van der Waals surface area contributed by atoms with E-state index in [1.165, 1.54) is 0 Å². The maximum atomic E-state index is 9.55. The molecular weight excluding hydrogens is 109 g/mol. The molecule has 0 unspecified atom stereocenters. The van der Waals surface area contributed by atoms with Crippen LogP contribution in [-0.2, 0) is 0 Å². The Bertz CT molecular complexity index is 48.8. The molecule has 0 aromatic rings. The Morgan fingerprint density at radius 3 is 2.00 bits per heavy atom. The molecule has 0 spiro atoms. The van der Waals surface area contributed by atoms with E-state index in [9.17, 15) is 4.79 Å². The summed E-state index contributed by atoms with van der Waals surface area (Å²) in [5.41, 5.74) is 4.62. The molecule has 0 heterocycles. The summed E-state index contributed by atoms with van der Waals surface area (Å²) in [5.74, 6) is 0. The molecule has 0 atom stereocenters. The Morgan fingerprint density at radius 2 is 2.00 bits per heavy atom. The number of carbonyl (C=O) groups is 1. The summed E-state index contributed by atoms with van der Waals surface area (Å²) >= 11 is 1.02. The second-order valence-corrected chi connectivity index (χ2v) is 1.33. The van der Waals surface area contributed by atoms with E-state index in [1.807, 2.05) is 0 Å². The SMILES string of the molecule is CSC(N)=O.[NaH]. The molecule has 0 saturated carbocycles. The standard InChI is InChI=1S/C2H5NOS.Na.H/c1-5-2(3)4;;/h1H3,(H2,3,4);;. The van der Waals surface area contributed by atoms with Crippen molar-refractivity contribution in [2.45, 2.75) is 0 Å². The van der Waals surface area contributed by atoms with Crippen LogP contribution in [0.3, 0.4) is 0 Å². The third kappa shape index (κ3) is 8.84. The van der Waals surface area contributed by atoms with E-state index in [-0.39, 0.29) is 34.8 Å². The van der Waals surface area contributed by atoms with Crippen LogP contribution in [0.5, 0.6) is 0 Å². The van der Waals surface area contributed by atoms with Crippen molar-refractivity contribution in [1.29, 1.82) is 0 Å². The molecule has 0 rings (SSSR count). The van der Waals surface area contributed by atoms with Crippen LogP contribution in [0.15, 0.2) is 0 Å². The quantitative estimate of drug-likeness (QED) is 0.443. The van der Waals surface area contributed by atoms with Crippen LogP contribution >= 0.6 is 11.8 Å². The number of hydrogen-bond donors (Lipinski definition) is 1. The molecule has 0 aromatic carbocycles. The Hall–Kier alpha value is 0.820. The van der Waals surface area contributed by atoms with Crippen LogP contribution in [0.2, 0.25) is 0 Å². The number of amides is 1. The summed E-state index contributed by atoms with van der Waals surface area (Å²) in [6.07, 6.45) is 1.64. The fourth-order valence-corrected chi connectivity index (χ4v) is 0. The summed E-state index contributed by atoms with van der Waals surface area (Å²) < 4.78 is 0. The topological polar surface area (TPSA) is 43.1 Å². The number of primary amides is 1. The van der Waals surface area contributed by atoms with Gasteiger partial charge in [-0.3, -0.25) is 4.79 Å². The normalized spacial score (nSPS) is 6.17. The monoisotopic (exact) mass is 115 g/mol. The molecule has 2 nitrogen and oxygen atoms in total. The third-order valence-electron chi connectivity index (χ3n) is 0.201. The van der Waals surface area contributed by atoms with Crippen LogP contribution in [-0.4, -0.2) is 41.1 Å². The van der Waals surface area contributed by atoms with Gasteiger partial charge in [-0.25, -0.2) is 0 Å². The summed E-state index contributed by atoms with van der Waals surface area (Å²) in [6, 6.07) is 0. The number of carbonyl (C=O) groups excluding carboxylic acids is 1. The van der Waals surface area contributed by atoms with Gasteiger partial charge in [0.1, 0.15) is 0 Å². The molecular formula is C2H6NNaOS. The van der Waals surface area contributed by atoms with Crippen molar-refractivity contribution in [3.63, 3.8) is 0 Å². The van der Waals surface area contributed by atoms with E-state index >= 15 is 0 Å². The van der Waals surface area contributed by atoms with Crippen molar-refractivity contribution in [3.8, 4) is 0 Å². The van der Waals surface area contributed by atoms with Gasteiger partial charge in [-0.15, -0.1) is 0 Å². The minimum atomic E-state index is -0.329. The first-order valence-corrected chi connectivity index (χ1v) is 2.33.